The van der Waals surface area contributed by atoms with Crippen molar-refractivity contribution in [3.8, 4) is 0 Å². The minimum atomic E-state index is -3.09. The normalized spacial score (nSPS) is 23.6. The molecule has 0 saturated carbocycles. The smallest absolute Gasteiger partial charge is 0.408 e. The lowest BCUT2D eigenvalue weighted by Crippen LogP contribution is -2.36. The van der Waals surface area contributed by atoms with Gasteiger partial charge in [-0.05, 0) is 50.3 Å². The number of carbonyl (C=O) groups excluding carboxylic acids is 1. The Kier molecular flexibility index (Phi) is 8.45. The highest BCUT2D eigenvalue weighted by atomic mass is 32.2. The highest BCUT2D eigenvalue weighted by Crippen LogP contribution is 2.44. The van der Waals surface area contributed by atoms with E-state index >= 15 is 0 Å². The molecule has 0 spiro atoms. The van der Waals surface area contributed by atoms with Crippen LogP contribution in [0.3, 0.4) is 0 Å². The maximum absolute atomic E-state index is 12.5. The molecule has 0 radical (unpaired) electrons. The van der Waals surface area contributed by atoms with Crippen LogP contribution in [-0.4, -0.2) is 53.6 Å². The molecule has 3 heterocycles. The van der Waals surface area contributed by atoms with E-state index in [1.165, 1.54) is 6.66 Å². The van der Waals surface area contributed by atoms with Gasteiger partial charge in [-0.15, -0.1) is 0 Å². The minimum Gasteiger partial charge on any atom is -0.408 e. The zero-order chi connectivity index (χ0) is 24.1. The Labute approximate surface area is 203 Å². The van der Waals surface area contributed by atoms with Gasteiger partial charge in [0.1, 0.15) is 0 Å². The van der Waals surface area contributed by atoms with E-state index in [0.29, 0.717) is 43.4 Å². The minimum absolute atomic E-state index is 0.0497. The lowest BCUT2D eigenvalue weighted by atomic mass is 10.0. The van der Waals surface area contributed by atoms with Crippen LogP contribution >= 0.6 is 19.4 Å². The van der Waals surface area contributed by atoms with Gasteiger partial charge in [0.15, 0.2) is 5.58 Å². The van der Waals surface area contributed by atoms with Crippen molar-refractivity contribution in [2.75, 3.05) is 25.6 Å². The lowest BCUT2D eigenvalue weighted by Gasteiger charge is -2.17. The van der Waals surface area contributed by atoms with Gasteiger partial charge in [-0.2, -0.15) is 11.8 Å². The highest BCUT2D eigenvalue weighted by molar-refractivity contribution is 8.00. The van der Waals surface area contributed by atoms with Crippen LogP contribution in [0, 0.1) is 6.92 Å². The average molecular weight is 512 g/mol. The number of hydrogen-bond acceptors (Lipinski definition) is 7. The summed E-state index contributed by atoms with van der Waals surface area (Å²) in [4.78, 5) is 23.5. The topological polar surface area (TPSA) is 112 Å². The average Bonchev–Trinajstić information content (AvgIpc) is 3.43. The fourth-order valence-electron chi connectivity index (χ4n) is 4.52. The number of urea groups is 1. The summed E-state index contributed by atoms with van der Waals surface area (Å²) in [7, 11) is -3.09. The quantitative estimate of drug-likeness (QED) is 0.235. The van der Waals surface area contributed by atoms with Gasteiger partial charge in [-0.25, -0.2) is 9.59 Å². The lowest BCUT2D eigenvalue weighted by molar-refractivity contribution is 0.201. The fourth-order valence-corrected chi connectivity index (χ4v) is 7.06. The molecule has 2 saturated heterocycles. The first-order valence-corrected chi connectivity index (χ1v) is 15.0. The molecule has 188 valence electrons. The molecule has 34 heavy (non-hydrogen) atoms. The van der Waals surface area contributed by atoms with Crippen LogP contribution in [0.1, 0.15) is 44.1 Å². The van der Waals surface area contributed by atoms with E-state index in [-0.39, 0.29) is 23.9 Å². The number of unbranched alkanes of at least 4 members (excludes halogenated alkanes) is 3. The van der Waals surface area contributed by atoms with E-state index in [2.05, 4.69) is 10.6 Å². The number of fused-ring (bicyclic) bond motifs is 2. The number of amides is 2. The molecule has 2 fully saturated rings. The molecule has 4 atom stereocenters. The van der Waals surface area contributed by atoms with Gasteiger partial charge < -0.3 is 24.1 Å². The van der Waals surface area contributed by atoms with Crippen molar-refractivity contribution in [2.24, 2.45) is 0 Å². The third-order valence-electron chi connectivity index (χ3n) is 6.32. The molecule has 11 heteroatoms. The summed E-state index contributed by atoms with van der Waals surface area (Å²) in [6.45, 7) is 4.73. The van der Waals surface area contributed by atoms with E-state index in [1.807, 2.05) is 36.9 Å². The third kappa shape index (κ3) is 6.47. The molecule has 2 aliphatic heterocycles. The summed E-state index contributed by atoms with van der Waals surface area (Å²) in [6, 6.07) is 6.13. The van der Waals surface area contributed by atoms with Crippen molar-refractivity contribution in [3.05, 3.63) is 34.3 Å². The Morgan fingerprint density at radius 1 is 1.12 bits per heavy atom. The number of benzene rings is 1. The molecule has 2 N–H and O–H groups in total. The van der Waals surface area contributed by atoms with E-state index in [9.17, 15) is 14.2 Å². The molecule has 9 nitrogen and oxygen atoms in total. The van der Waals surface area contributed by atoms with Gasteiger partial charge in [0.05, 0.1) is 30.8 Å². The maximum atomic E-state index is 12.5. The monoisotopic (exact) mass is 511 g/mol. The van der Waals surface area contributed by atoms with Crippen LogP contribution < -0.4 is 16.4 Å². The standard InChI is InChI=1S/C23H34N3O6PS/c1-16-9-10-19-18(14-16)26(23(28)32-19)11-5-7-13-31-33(2,29)30-12-6-3-4-8-20-21-17(15-34-20)24-22(27)25-21/h9-10,14,17,20-21H,3-8,11-13,15H2,1-2H3,(H2,24,25,27)/t17-,20-,21-,33?/m0/s1. The van der Waals surface area contributed by atoms with E-state index in [0.717, 1.165) is 42.5 Å². The fraction of sp³-hybridized carbons (Fsp3) is 0.652. The Bertz CT molecular complexity index is 1100. The van der Waals surface area contributed by atoms with E-state index in [4.69, 9.17) is 13.5 Å². The van der Waals surface area contributed by atoms with Gasteiger partial charge in [0.2, 0.25) is 0 Å². The van der Waals surface area contributed by atoms with Gasteiger partial charge in [0.25, 0.3) is 0 Å². The third-order valence-corrected chi connectivity index (χ3v) is 9.13. The second kappa shape index (κ2) is 11.3. The van der Waals surface area contributed by atoms with Crippen molar-refractivity contribution >= 4 is 36.5 Å². The summed E-state index contributed by atoms with van der Waals surface area (Å²) in [6.07, 6.45) is 5.30. The molecule has 2 aliphatic rings. The van der Waals surface area contributed by atoms with Crippen LogP contribution in [0.2, 0.25) is 0 Å². The zero-order valence-corrected chi connectivity index (χ0v) is 21.5. The predicted molar refractivity (Wildman–Crippen MR) is 134 cm³/mol. The molecular weight excluding hydrogens is 477 g/mol. The predicted octanol–water partition coefficient (Wildman–Crippen LogP) is 4.27. The molecule has 1 unspecified atom stereocenters. The summed E-state index contributed by atoms with van der Waals surface area (Å²) in [5, 5.41) is 6.44. The van der Waals surface area contributed by atoms with Crippen LogP contribution in [-0.2, 0) is 20.2 Å². The van der Waals surface area contributed by atoms with Crippen LogP contribution in [0.5, 0.6) is 0 Å². The zero-order valence-electron chi connectivity index (χ0n) is 19.8. The molecule has 2 amide bonds. The van der Waals surface area contributed by atoms with Crippen molar-refractivity contribution in [1.29, 1.82) is 0 Å². The Morgan fingerprint density at radius 2 is 1.88 bits per heavy atom. The van der Waals surface area contributed by atoms with Gasteiger partial charge in [0, 0.05) is 24.2 Å². The van der Waals surface area contributed by atoms with Gasteiger partial charge >= 0.3 is 19.4 Å². The Morgan fingerprint density at radius 3 is 2.68 bits per heavy atom. The van der Waals surface area contributed by atoms with Crippen LogP contribution in [0.25, 0.3) is 11.1 Å². The number of aromatic nitrogens is 1. The molecule has 0 bridgehead atoms. The van der Waals surface area contributed by atoms with Crippen molar-refractivity contribution < 1.29 is 22.8 Å². The molecule has 2 aromatic rings. The van der Waals surface area contributed by atoms with E-state index < -0.39 is 7.60 Å². The first-order valence-electron chi connectivity index (χ1n) is 12.0. The molecular formula is C23H34N3O6PS. The number of oxazole rings is 1. The van der Waals surface area contributed by atoms with Crippen molar-refractivity contribution in [1.82, 2.24) is 15.2 Å². The van der Waals surface area contributed by atoms with Crippen LogP contribution in [0.15, 0.2) is 27.4 Å². The molecule has 1 aromatic carbocycles. The Hall–Kier alpha value is -1.74. The van der Waals surface area contributed by atoms with Crippen LogP contribution in [0.4, 0.5) is 4.79 Å². The number of thioether (sulfide) groups is 1. The number of hydrogen-bond donors (Lipinski definition) is 2. The Balaban J connectivity index is 1.07. The van der Waals surface area contributed by atoms with Crippen molar-refractivity contribution in [3.63, 3.8) is 0 Å². The summed E-state index contributed by atoms with van der Waals surface area (Å²) < 4.78 is 30.4. The highest BCUT2D eigenvalue weighted by Gasteiger charge is 2.42. The molecule has 1 aromatic heterocycles. The second-order valence-corrected chi connectivity index (χ2v) is 12.4. The SMILES string of the molecule is Cc1ccc2oc(=O)n(CCCCOP(C)(=O)OCCCCC[C@@H]3SC[C@@H]4NC(=O)N[C@@H]43)c2c1. The molecule has 0 aliphatic carbocycles. The number of carbonyl (C=O) groups is 1. The summed E-state index contributed by atoms with van der Waals surface area (Å²) in [5.41, 5.74) is 2.46. The summed E-state index contributed by atoms with van der Waals surface area (Å²) in [5.74, 6) is 0.616. The van der Waals surface area contributed by atoms with E-state index in [1.54, 1.807) is 4.57 Å². The molecule has 4 rings (SSSR count). The first kappa shape index (κ1) is 25.4. The first-order chi connectivity index (χ1) is 16.3. The second-order valence-electron chi connectivity index (χ2n) is 9.11. The number of rotatable bonds is 13. The van der Waals surface area contributed by atoms with Crippen molar-refractivity contribution in [2.45, 2.75) is 69.3 Å². The largest absolute Gasteiger partial charge is 0.419 e. The number of aryl methyl sites for hydroxylation is 2. The summed E-state index contributed by atoms with van der Waals surface area (Å²) >= 11 is 1.92. The number of nitrogens with one attached hydrogen (secondary N) is 2. The van der Waals surface area contributed by atoms with Gasteiger partial charge in [-0.1, -0.05) is 18.9 Å². The number of nitrogens with zero attached hydrogens (tertiary/aromatic N) is 1. The maximum Gasteiger partial charge on any atom is 0.419 e. The van der Waals surface area contributed by atoms with Gasteiger partial charge in [-0.3, -0.25) is 9.13 Å².